The molecule has 0 bridgehead atoms. The van der Waals surface area contributed by atoms with Gasteiger partial charge in [-0.2, -0.15) is 0 Å². The number of methoxy groups -OCH3 is 1. The molecule has 0 saturated heterocycles. The Balaban J connectivity index is 2.05. The summed E-state index contributed by atoms with van der Waals surface area (Å²) in [5.41, 5.74) is 1.20. The Kier molecular flexibility index (Phi) is 3.64. The van der Waals surface area contributed by atoms with Crippen molar-refractivity contribution in [3.05, 3.63) is 23.8 Å². The number of hydrogen-bond donors (Lipinski definition) is 0. The molecule has 16 heavy (non-hydrogen) atoms. The van der Waals surface area contributed by atoms with Gasteiger partial charge in [0.25, 0.3) is 0 Å². The van der Waals surface area contributed by atoms with Crippen LogP contribution in [0.4, 0.5) is 0 Å². The standard InChI is InChI=1S/C12H17NO3/c1-13(9-14-2)8-10-3-4-11-12(7-10)16-6-5-15-11/h3-4,7H,5-6,8-9H2,1-2H3. The maximum Gasteiger partial charge on any atom is 0.161 e. The second-order valence-electron chi connectivity index (χ2n) is 3.91. The summed E-state index contributed by atoms with van der Waals surface area (Å²) < 4.78 is 16.1. The molecule has 0 radical (unpaired) electrons. The number of nitrogens with zero attached hydrogens (tertiary/aromatic N) is 1. The molecule has 0 aliphatic carbocycles. The summed E-state index contributed by atoms with van der Waals surface area (Å²) in [6.07, 6.45) is 0. The summed E-state index contributed by atoms with van der Waals surface area (Å²) in [5, 5.41) is 0. The zero-order valence-electron chi connectivity index (χ0n) is 9.73. The average Bonchev–Trinajstić information content (AvgIpc) is 2.29. The monoisotopic (exact) mass is 223 g/mol. The number of hydrogen-bond acceptors (Lipinski definition) is 4. The minimum Gasteiger partial charge on any atom is -0.486 e. The molecule has 1 aliphatic heterocycles. The summed E-state index contributed by atoms with van der Waals surface area (Å²) in [5.74, 6) is 1.68. The van der Waals surface area contributed by atoms with Gasteiger partial charge in [-0.3, -0.25) is 4.90 Å². The van der Waals surface area contributed by atoms with Gasteiger partial charge in [0.1, 0.15) is 13.2 Å². The molecule has 0 saturated carbocycles. The van der Waals surface area contributed by atoms with Crippen molar-refractivity contribution in [1.29, 1.82) is 0 Å². The normalized spacial score (nSPS) is 14.2. The van der Waals surface area contributed by atoms with Crippen LogP contribution in [0.15, 0.2) is 18.2 Å². The van der Waals surface area contributed by atoms with Crippen LogP contribution in [0, 0.1) is 0 Å². The fraction of sp³-hybridized carbons (Fsp3) is 0.500. The molecular weight excluding hydrogens is 206 g/mol. The van der Waals surface area contributed by atoms with Gasteiger partial charge >= 0.3 is 0 Å². The smallest absolute Gasteiger partial charge is 0.161 e. The molecular formula is C12H17NO3. The Morgan fingerprint density at radius 3 is 2.75 bits per heavy atom. The molecule has 0 unspecified atom stereocenters. The maximum absolute atomic E-state index is 5.53. The van der Waals surface area contributed by atoms with Gasteiger partial charge in [-0.05, 0) is 24.7 Å². The summed E-state index contributed by atoms with van der Waals surface area (Å²) in [7, 11) is 3.71. The first-order valence-electron chi connectivity index (χ1n) is 5.35. The lowest BCUT2D eigenvalue weighted by Crippen LogP contribution is -2.20. The molecule has 4 nitrogen and oxygen atoms in total. The highest BCUT2D eigenvalue weighted by Crippen LogP contribution is 2.30. The van der Waals surface area contributed by atoms with Crippen molar-refractivity contribution in [3.8, 4) is 11.5 Å². The molecule has 1 aromatic rings. The zero-order valence-corrected chi connectivity index (χ0v) is 9.73. The van der Waals surface area contributed by atoms with Crippen LogP contribution in [0.5, 0.6) is 11.5 Å². The minimum absolute atomic E-state index is 0.619. The molecule has 0 spiro atoms. The third-order valence-corrected chi connectivity index (χ3v) is 2.41. The fourth-order valence-electron chi connectivity index (χ4n) is 1.76. The average molecular weight is 223 g/mol. The van der Waals surface area contributed by atoms with Crippen LogP contribution in [0.2, 0.25) is 0 Å². The third kappa shape index (κ3) is 2.65. The molecule has 1 aliphatic rings. The first kappa shape index (κ1) is 11.2. The molecule has 1 heterocycles. The predicted octanol–water partition coefficient (Wildman–Crippen LogP) is 1.49. The van der Waals surface area contributed by atoms with Crippen molar-refractivity contribution in [2.45, 2.75) is 6.54 Å². The first-order chi connectivity index (χ1) is 7.79. The van der Waals surface area contributed by atoms with Gasteiger partial charge in [-0.1, -0.05) is 6.07 Å². The van der Waals surface area contributed by atoms with E-state index in [1.165, 1.54) is 5.56 Å². The topological polar surface area (TPSA) is 30.9 Å². The van der Waals surface area contributed by atoms with Crippen molar-refractivity contribution < 1.29 is 14.2 Å². The Morgan fingerprint density at radius 1 is 1.25 bits per heavy atom. The van der Waals surface area contributed by atoms with Crippen LogP contribution in [0.3, 0.4) is 0 Å². The minimum atomic E-state index is 0.619. The number of fused-ring (bicyclic) bond motifs is 1. The summed E-state index contributed by atoms with van der Waals surface area (Å²) in [6.45, 7) is 2.72. The lowest BCUT2D eigenvalue weighted by molar-refractivity contribution is 0.0770. The lowest BCUT2D eigenvalue weighted by atomic mass is 10.2. The van der Waals surface area contributed by atoms with Crippen molar-refractivity contribution >= 4 is 0 Å². The van der Waals surface area contributed by atoms with Crippen molar-refractivity contribution in [1.82, 2.24) is 4.90 Å². The van der Waals surface area contributed by atoms with E-state index >= 15 is 0 Å². The van der Waals surface area contributed by atoms with E-state index in [4.69, 9.17) is 14.2 Å². The summed E-state index contributed by atoms with van der Waals surface area (Å²) in [6, 6.07) is 6.05. The summed E-state index contributed by atoms with van der Waals surface area (Å²) in [4.78, 5) is 2.09. The van der Waals surface area contributed by atoms with E-state index in [1.807, 2.05) is 19.2 Å². The van der Waals surface area contributed by atoms with Gasteiger partial charge in [0.05, 0.1) is 6.73 Å². The molecule has 4 heteroatoms. The largest absolute Gasteiger partial charge is 0.486 e. The van der Waals surface area contributed by atoms with Crippen molar-refractivity contribution in [2.75, 3.05) is 34.1 Å². The van der Waals surface area contributed by atoms with Crippen LogP contribution in [-0.4, -0.2) is 39.0 Å². The SMILES string of the molecule is COCN(C)Cc1ccc2c(c1)OCCO2. The van der Waals surface area contributed by atoms with Crippen molar-refractivity contribution in [3.63, 3.8) is 0 Å². The number of benzene rings is 1. The first-order valence-corrected chi connectivity index (χ1v) is 5.35. The second-order valence-corrected chi connectivity index (χ2v) is 3.91. The molecule has 0 aromatic heterocycles. The molecule has 2 rings (SSSR count). The van der Waals surface area contributed by atoms with Crippen molar-refractivity contribution in [2.24, 2.45) is 0 Å². The number of rotatable bonds is 4. The van der Waals surface area contributed by atoms with E-state index < -0.39 is 0 Å². The Labute approximate surface area is 95.7 Å². The maximum atomic E-state index is 5.53. The number of ether oxygens (including phenoxy) is 3. The van der Waals surface area contributed by atoms with E-state index in [1.54, 1.807) is 7.11 Å². The predicted molar refractivity (Wildman–Crippen MR) is 60.8 cm³/mol. The third-order valence-electron chi connectivity index (χ3n) is 2.41. The zero-order chi connectivity index (χ0) is 11.4. The van der Waals surface area contributed by atoms with E-state index in [2.05, 4.69) is 11.0 Å². The molecule has 0 fully saturated rings. The van der Waals surface area contributed by atoms with E-state index in [-0.39, 0.29) is 0 Å². The Morgan fingerprint density at radius 2 is 2.00 bits per heavy atom. The van der Waals surface area contributed by atoms with Crippen LogP contribution < -0.4 is 9.47 Å². The molecule has 0 amide bonds. The van der Waals surface area contributed by atoms with E-state index in [0.717, 1.165) is 18.0 Å². The molecule has 0 atom stereocenters. The summed E-state index contributed by atoms with van der Waals surface area (Å²) >= 11 is 0. The van der Waals surface area contributed by atoms with Crippen LogP contribution >= 0.6 is 0 Å². The van der Waals surface area contributed by atoms with Gasteiger partial charge in [-0.15, -0.1) is 0 Å². The van der Waals surface area contributed by atoms with Crippen LogP contribution in [0.1, 0.15) is 5.56 Å². The second kappa shape index (κ2) is 5.18. The Hall–Kier alpha value is -1.26. The van der Waals surface area contributed by atoms with Crippen LogP contribution in [0.25, 0.3) is 0 Å². The van der Waals surface area contributed by atoms with Gasteiger partial charge in [0.15, 0.2) is 11.5 Å². The van der Waals surface area contributed by atoms with Gasteiger partial charge < -0.3 is 14.2 Å². The highest BCUT2D eigenvalue weighted by Gasteiger charge is 2.12. The Bertz CT molecular complexity index is 354. The molecule has 1 aromatic carbocycles. The molecule has 88 valence electrons. The lowest BCUT2D eigenvalue weighted by Gasteiger charge is -2.20. The molecule has 0 N–H and O–H groups in total. The highest BCUT2D eigenvalue weighted by atomic mass is 16.6. The van der Waals surface area contributed by atoms with E-state index in [9.17, 15) is 0 Å². The van der Waals surface area contributed by atoms with Gasteiger partial charge in [0.2, 0.25) is 0 Å². The van der Waals surface area contributed by atoms with Gasteiger partial charge in [0, 0.05) is 13.7 Å². The van der Waals surface area contributed by atoms with E-state index in [0.29, 0.717) is 19.9 Å². The quantitative estimate of drug-likeness (QED) is 0.724. The van der Waals surface area contributed by atoms with Gasteiger partial charge in [-0.25, -0.2) is 0 Å². The highest BCUT2D eigenvalue weighted by molar-refractivity contribution is 5.43. The fourth-order valence-corrected chi connectivity index (χ4v) is 1.76. The van der Waals surface area contributed by atoms with Crippen LogP contribution in [-0.2, 0) is 11.3 Å².